The lowest BCUT2D eigenvalue weighted by atomic mass is 10.3. The van der Waals surface area contributed by atoms with Gasteiger partial charge in [0.1, 0.15) is 5.82 Å². The molecule has 1 aromatic rings. The van der Waals surface area contributed by atoms with Crippen LogP contribution in [0.15, 0.2) is 11.2 Å². The molecule has 4 N–H and O–H groups in total. The summed E-state index contributed by atoms with van der Waals surface area (Å²) in [6, 6.07) is 0. The number of nitrogens with two attached hydrogens (primary N) is 1. The average Bonchev–Trinajstić information content (AvgIpc) is 2.55. The first kappa shape index (κ1) is 13.7. The number of aromatic nitrogens is 2. The highest BCUT2D eigenvalue weighted by atomic mass is 32.2. The molecule has 0 saturated heterocycles. The fourth-order valence-electron chi connectivity index (χ4n) is 1.22. The van der Waals surface area contributed by atoms with Crippen LogP contribution >= 0.6 is 0 Å². The Bertz CT molecular complexity index is 486. The van der Waals surface area contributed by atoms with Gasteiger partial charge in [-0.3, -0.25) is 5.41 Å². The summed E-state index contributed by atoms with van der Waals surface area (Å²) in [5.41, 5.74) is 5.17. The van der Waals surface area contributed by atoms with Crippen molar-refractivity contribution in [3.63, 3.8) is 0 Å². The third-order valence-corrected chi connectivity index (χ3v) is 3.61. The molecule has 0 atom stereocenters. The highest BCUT2D eigenvalue weighted by Gasteiger charge is 2.17. The standard InChI is InChI=1S/C9H17N5O2S/c1-7-13-9(6-14(7)2)17(15,16)12-5-3-4-8(10)11/h6,12H,3-5H2,1-2H3,(H3,10,11). The van der Waals surface area contributed by atoms with Crippen LogP contribution in [0.5, 0.6) is 0 Å². The minimum atomic E-state index is -3.55. The molecule has 96 valence electrons. The highest BCUT2D eigenvalue weighted by molar-refractivity contribution is 7.89. The van der Waals surface area contributed by atoms with Crippen LogP contribution in [-0.4, -0.2) is 30.3 Å². The maximum absolute atomic E-state index is 11.8. The normalized spacial score (nSPS) is 11.6. The topological polar surface area (TPSA) is 114 Å². The smallest absolute Gasteiger partial charge is 0.259 e. The van der Waals surface area contributed by atoms with Gasteiger partial charge < -0.3 is 10.3 Å². The van der Waals surface area contributed by atoms with Gasteiger partial charge in [0.2, 0.25) is 0 Å². The molecule has 0 unspecified atom stereocenters. The predicted octanol–water partition coefficient (Wildman–Crippen LogP) is -0.277. The van der Waals surface area contributed by atoms with E-state index in [1.165, 1.54) is 6.20 Å². The summed E-state index contributed by atoms with van der Waals surface area (Å²) in [7, 11) is -1.82. The van der Waals surface area contributed by atoms with Gasteiger partial charge in [-0.05, 0) is 13.3 Å². The van der Waals surface area contributed by atoms with Gasteiger partial charge in [-0.15, -0.1) is 0 Å². The van der Waals surface area contributed by atoms with E-state index >= 15 is 0 Å². The second kappa shape index (κ2) is 5.28. The molecule has 0 radical (unpaired) electrons. The van der Waals surface area contributed by atoms with Crippen molar-refractivity contribution in [3.05, 3.63) is 12.0 Å². The Morgan fingerprint density at radius 1 is 1.65 bits per heavy atom. The Balaban J connectivity index is 2.60. The number of amidine groups is 1. The van der Waals surface area contributed by atoms with Crippen LogP contribution in [0.3, 0.4) is 0 Å². The number of nitrogens with one attached hydrogen (secondary N) is 2. The van der Waals surface area contributed by atoms with E-state index in [0.29, 0.717) is 18.7 Å². The van der Waals surface area contributed by atoms with E-state index in [2.05, 4.69) is 9.71 Å². The van der Waals surface area contributed by atoms with E-state index < -0.39 is 10.0 Å². The average molecular weight is 259 g/mol. The van der Waals surface area contributed by atoms with Crippen molar-refractivity contribution in [1.82, 2.24) is 14.3 Å². The molecule has 1 rings (SSSR count). The van der Waals surface area contributed by atoms with Gasteiger partial charge in [-0.25, -0.2) is 18.1 Å². The zero-order chi connectivity index (χ0) is 13.1. The number of rotatable bonds is 6. The van der Waals surface area contributed by atoms with Crippen molar-refractivity contribution in [3.8, 4) is 0 Å². The molecule has 1 heterocycles. The van der Waals surface area contributed by atoms with Gasteiger partial charge in [0.05, 0.1) is 5.84 Å². The monoisotopic (exact) mass is 259 g/mol. The molecule has 0 bridgehead atoms. The largest absolute Gasteiger partial charge is 0.388 e. The maximum Gasteiger partial charge on any atom is 0.259 e. The van der Waals surface area contributed by atoms with Crippen molar-refractivity contribution in [2.45, 2.75) is 24.8 Å². The highest BCUT2D eigenvalue weighted by Crippen LogP contribution is 2.07. The molecular formula is C9H17N5O2S. The lowest BCUT2D eigenvalue weighted by molar-refractivity contribution is 0.576. The van der Waals surface area contributed by atoms with E-state index in [0.717, 1.165) is 0 Å². The third-order valence-electron chi connectivity index (χ3n) is 2.28. The number of aryl methyl sites for hydroxylation is 2. The molecule has 0 aliphatic carbocycles. The second-order valence-electron chi connectivity index (χ2n) is 3.76. The van der Waals surface area contributed by atoms with Gasteiger partial charge in [-0.1, -0.05) is 0 Å². The Hall–Kier alpha value is -1.41. The Kier molecular flexibility index (Phi) is 4.24. The molecule has 0 aliphatic rings. The summed E-state index contributed by atoms with van der Waals surface area (Å²) in [6.45, 7) is 1.98. The second-order valence-corrected chi connectivity index (χ2v) is 5.48. The molecule has 0 amide bonds. The fourth-order valence-corrected chi connectivity index (χ4v) is 2.33. The first-order valence-corrected chi connectivity index (χ1v) is 6.64. The summed E-state index contributed by atoms with van der Waals surface area (Å²) in [5.74, 6) is 0.687. The van der Waals surface area contributed by atoms with E-state index in [9.17, 15) is 8.42 Å². The summed E-state index contributed by atoms with van der Waals surface area (Å²) in [5, 5.41) is 7.02. The van der Waals surface area contributed by atoms with E-state index in [4.69, 9.17) is 11.1 Å². The van der Waals surface area contributed by atoms with Crippen molar-refractivity contribution in [1.29, 1.82) is 5.41 Å². The van der Waals surface area contributed by atoms with Crippen LogP contribution in [0.25, 0.3) is 0 Å². The third kappa shape index (κ3) is 3.82. The summed E-state index contributed by atoms with van der Waals surface area (Å²) >= 11 is 0. The molecule has 0 aliphatic heterocycles. The zero-order valence-electron chi connectivity index (χ0n) is 9.90. The Morgan fingerprint density at radius 3 is 2.76 bits per heavy atom. The predicted molar refractivity (Wildman–Crippen MR) is 64.3 cm³/mol. The molecule has 0 fully saturated rings. The number of hydrogen-bond donors (Lipinski definition) is 3. The van der Waals surface area contributed by atoms with E-state index in [1.54, 1.807) is 18.5 Å². The number of sulfonamides is 1. The zero-order valence-corrected chi connectivity index (χ0v) is 10.7. The van der Waals surface area contributed by atoms with Gasteiger partial charge in [0, 0.05) is 26.2 Å². The lowest BCUT2D eigenvalue weighted by Gasteiger charge is -2.03. The van der Waals surface area contributed by atoms with E-state index in [-0.39, 0.29) is 17.4 Å². The molecule has 0 saturated carbocycles. The summed E-state index contributed by atoms with van der Waals surface area (Å²) in [4.78, 5) is 3.94. The molecular weight excluding hydrogens is 242 g/mol. The fraction of sp³-hybridized carbons (Fsp3) is 0.556. The number of imidazole rings is 1. The van der Waals surface area contributed by atoms with Crippen molar-refractivity contribution < 1.29 is 8.42 Å². The first-order chi connectivity index (χ1) is 7.83. The van der Waals surface area contributed by atoms with Gasteiger partial charge >= 0.3 is 0 Å². The molecule has 17 heavy (non-hydrogen) atoms. The van der Waals surface area contributed by atoms with Crippen LogP contribution in [0.1, 0.15) is 18.7 Å². The number of hydrogen-bond acceptors (Lipinski definition) is 4. The first-order valence-electron chi connectivity index (χ1n) is 5.15. The molecule has 0 aromatic carbocycles. The summed E-state index contributed by atoms with van der Waals surface area (Å²) in [6.07, 6.45) is 2.34. The minimum Gasteiger partial charge on any atom is -0.388 e. The molecule has 8 heteroatoms. The van der Waals surface area contributed by atoms with Crippen molar-refractivity contribution >= 4 is 15.9 Å². The maximum atomic E-state index is 11.8. The van der Waals surface area contributed by atoms with Crippen LogP contribution < -0.4 is 10.5 Å². The summed E-state index contributed by atoms with van der Waals surface area (Å²) < 4.78 is 27.6. The van der Waals surface area contributed by atoms with Gasteiger partial charge in [0.25, 0.3) is 10.0 Å². The van der Waals surface area contributed by atoms with Crippen molar-refractivity contribution in [2.75, 3.05) is 6.54 Å². The van der Waals surface area contributed by atoms with Gasteiger partial charge in [0.15, 0.2) is 5.03 Å². The Labute approximate surface area is 101 Å². The van der Waals surface area contributed by atoms with Gasteiger partial charge in [-0.2, -0.15) is 0 Å². The van der Waals surface area contributed by atoms with E-state index in [1.807, 2.05) is 0 Å². The van der Waals surface area contributed by atoms with Crippen LogP contribution in [0.2, 0.25) is 0 Å². The Morgan fingerprint density at radius 2 is 2.29 bits per heavy atom. The molecule has 0 spiro atoms. The molecule has 7 nitrogen and oxygen atoms in total. The minimum absolute atomic E-state index is 0.0142. The lowest BCUT2D eigenvalue weighted by Crippen LogP contribution is -2.26. The number of nitrogens with zero attached hydrogens (tertiary/aromatic N) is 2. The SMILES string of the molecule is Cc1nc(S(=O)(=O)NCCCC(=N)N)cn1C. The molecule has 1 aromatic heterocycles. The van der Waals surface area contributed by atoms with Crippen LogP contribution in [-0.2, 0) is 17.1 Å². The van der Waals surface area contributed by atoms with Crippen LogP contribution in [0, 0.1) is 12.3 Å². The van der Waals surface area contributed by atoms with Crippen molar-refractivity contribution in [2.24, 2.45) is 12.8 Å². The van der Waals surface area contributed by atoms with Crippen LogP contribution in [0.4, 0.5) is 0 Å². The quantitative estimate of drug-likeness (QED) is 0.370.